The number of fused-ring (bicyclic) bond motifs is 1. The van der Waals surface area contributed by atoms with E-state index in [2.05, 4.69) is 10.6 Å². The second-order valence-electron chi connectivity index (χ2n) is 4.46. The zero-order valence-corrected chi connectivity index (χ0v) is 8.92. The minimum absolute atomic E-state index is 0.00773. The zero-order valence-electron chi connectivity index (χ0n) is 8.92. The molecule has 1 amide bonds. The van der Waals surface area contributed by atoms with E-state index in [1.807, 2.05) is 26.0 Å². The summed E-state index contributed by atoms with van der Waals surface area (Å²) in [5, 5.41) is 6.08. The number of carbonyl (C=O) groups excluding carboxylic acids is 1. The number of hydrogen-bond acceptors (Lipinski definition) is 3. The quantitative estimate of drug-likeness (QED) is 0.564. The predicted molar refractivity (Wildman–Crippen MR) is 61.8 cm³/mol. The van der Waals surface area contributed by atoms with Gasteiger partial charge in [-0.2, -0.15) is 0 Å². The summed E-state index contributed by atoms with van der Waals surface area (Å²) in [7, 11) is 0. The summed E-state index contributed by atoms with van der Waals surface area (Å²) < 4.78 is 0. The van der Waals surface area contributed by atoms with Crippen molar-refractivity contribution in [1.82, 2.24) is 0 Å². The summed E-state index contributed by atoms with van der Waals surface area (Å²) in [5.41, 5.74) is 7.54. The van der Waals surface area contributed by atoms with Crippen LogP contribution < -0.4 is 16.4 Å². The Kier molecular flexibility index (Phi) is 2.07. The Hall–Kier alpha value is -1.71. The van der Waals surface area contributed by atoms with Crippen LogP contribution in [-0.4, -0.2) is 12.5 Å². The number of rotatable bonds is 0. The van der Waals surface area contributed by atoms with Crippen LogP contribution in [0.2, 0.25) is 0 Å². The van der Waals surface area contributed by atoms with E-state index in [0.717, 1.165) is 5.69 Å². The standard InChI is InChI=1S/C11H15N3O/c1-11(2)6-13-8-5-3-4-7(12)9(8)14-10(11)15/h3-5,13H,6,12H2,1-2H3,(H,14,15). The first kappa shape index (κ1) is 9.83. The Morgan fingerprint density at radius 3 is 2.87 bits per heavy atom. The van der Waals surface area contributed by atoms with Gasteiger partial charge in [0.1, 0.15) is 0 Å². The third-order valence-corrected chi connectivity index (χ3v) is 2.67. The van der Waals surface area contributed by atoms with Gasteiger partial charge in [0, 0.05) is 6.54 Å². The molecule has 1 aliphatic rings. The van der Waals surface area contributed by atoms with E-state index in [4.69, 9.17) is 5.73 Å². The maximum absolute atomic E-state index is 11.8. The number of nitrogens with one attached hydrogen (secondary N) is 2. The van der Waals surface area contributed by atoms with Crippen molar-refractivity contribution < 1.29 is 4.79 Å². The molecule has 1 aromatic rings. The largest absolute Gasteiger partial charge is 0.397 e. The molecule has 0 saturated carbocycles. The third-order valence-electron chi connectivity index (χ3n) is 2.67. The minimum atomic E-state index is -0.425. The van der Waals surface area contributed by atoms with Gasteiger partial charge in [-0.3, -0.25) is 4.79 Å². The number of carbonyl (C=O) groups is 1. The Labute approximate surface area is 88.9 Å². The fraction of sp³-hybridized carbons (Fsp3) is 0.364. The molecule has 2 rings (SSSR count). The number of benzene rings is 1. The summed E-state index contributed by atoms with van der Waals surface area (Å²) in [5.74, 6) is -0.00773. The second-order valence-corrected chi connectivity index (χ2v) is 4.46. The average molecular weight is 205 g/mol. The molecule has 80 valence electrons. The number of hydrogen-bond donors (Lipinski definition) is 3. The average Bonchev–Trinajstić information content (AvgIpc) is 2.28. The second kappa shape index (κ2) is 3.15. The van der Waals surface area contributed by atoms with Gasteiger partial charge in [-0.25, -0.2) is 0 Å². The van der Waals surface area contributed by atoms with E-state index < -0.39 is 5.41 Å². The van der Waals surface area contributed by atoms with Crippen LogP contribution in [0.5, 0.6) is 0 Å². The van der Waals surface area contributed by atoms with Crippen molar-refractivity contribution in [2.75, 3.05) is 22.9 Å². The zero-order chi connectivity index (χ0) is 11.1. The third kappa shape index (κ3) is 1.63. The molecule has 0 spiro atoms. The number of para-hydroxylation sites is 1. The van der Waals surface area contributed by atoms with E-state index in [-0.39, 0.29) is 5.91 Å². The number of anilines is 3. The Bertz CT molecular complexity index is 412. The first-order chi connectivity index (χ1) is 7.00. The van der Waals surface area contributed by atoms with Crippen molar-refractivity contribution in [3.63, 3.8) is 0 Å². The fourth-order valence-corrected chi connectivity index (χ4v) is 1.54. The molecule has 0 radical (unpaired) electrons. The minimum Gasteiger partial charge on any atom is -0.397 e. The van der Waals surface area contributed by atoms with Gasteiger partial charge in [0.25, 0.3) is 0 Å². The van der Waals surface area contributed by atoms with Gasteiger partial charge in [0.2, 0.25) is 5.91 Å². The van der Waals surface area contributed by atoms with Crippen molar-refractivity contribution in [2.24, 2.45) is 5.41 Å². The van der Waals surface area contributed by atoms with Crippen LogP contribution in [0.25, 0.3) is 0 Å². The summed E-state index contributed by atoms with van der Waals surface area (Å²) in [6, 6.07) is 5.55. The molecule has 4 nitrogen and oxygen atoms in total. The number of nitrogen functional groups attached to an aromatic ring is 1. The van der Waals surface area contributed by atoms with Gasteiger partial charge in [-0.15, -0.1) is 0 Å². The molecule has 1 aromatic carbocycles. The van der Waals surface area contributed by atoms with E-state index in [1.165, 1.54) is 0 Å². The highest BCUT2D eigenvalue weighted by atomic mass is 16.2. The fourth-order valence-electron chi connectivity index (χ4n) is 1.54. The van der Waals surface area contributed by atoms with Crippen molar-refractivity contribution in [3.8, 4) is 0 Å². The molecule has 0 unspecified atom stereocenters. The van der Waals surface area contributed by atoms with Crippen LogP contribution in [0.1, 0.15) is 13.8 Å². The summed E-state index contributed by atoms with van der Waals surface area (Å²) in [4.78, 5) is 11.8. The van der Waals surface area contributed by atoms with Gasteiger partial charge in [0.05, 0.1) is 22.5 Å². The van der Waals surface area contributed by atoms with E-state index in [0.29, 0.717) is 17.9 Å². The highest BCUT2D eigenvalue weighted by Gasteiger charge is 2.31. The molecule has 15 heavy (non-hydrogen) atoms. The summed E-state index contributed by atoms with van der Waals surface area (Å²) >= 11 is 0. The molecule has 1 heterocycles. The molecule has 0 aliphatic carbocycles. The lowest BCUT2D eigenvalue weighted by Crippen LogP contribution is -2.34. The highest BCUT2D eigenvalue weighted by Crippen LogP contribution is 2.33. The summed E-state index contributed by atoms with van der Waals surface area (Å²) in [6.07, 6.45) is 0. The van der Waals surface area contributed by atoms with Gasteiger partial charge in [-0.1, -0.05) is 6.07 Å². The van der Waals surface area contributed by atoms with Crippen LogP contribution in [0.4, 0.5) is 17.1 Å². The normalized spacial score (nSPS) is 18.4. The van der Waals surface area contributed by atoms with Crippen LogP contribution in [0, 0.1) is 5.41 Å². The van der Waals surface area contributed by atoms with Crippen LogP contribution in [0.15, 0.2) is 18.2 Å². The van der Waals surface area contributed by atoms with Crippen molar-refractivity contribution in [1.29, 1.82) is 0 Å². The Morgan fingerprint density at radius 1 is 1.40 bits per heavy atom. The van der Waals surface area contributed by atoms with E-state index in [9.17, 15) is 4.79 Å². The van der Waals surface area contributed by atoms with Crippen molar-refractivity contribution in [3.05, 3.63) is 18.2 Å². The van der Waals surface area contributed by atoms with Crippen LogP contribution >= 0.6 is 0 Å². The summed E-state index contributed by atoms with van der Waals surface area (Å²) in [6.45, 7) is 4.41. The first-order valence-electron chi connectivity index (χ1n) is 4.94. The lowest BCUT2D eigenvalue weighted by molar-refractivity contribution is -0.123. The topological polar surface area (TPSA) is 67.2 Å². The SMILES string of the molecule is CC1(C)CNc2cccc(N)c2NC1=O. The predicted octanol–water partition coefficient (Wildman–Crippen LogP) is 1.66. The molecule has 4 heteroatoms. The number of amides is 1. The molecular formula is C11H15N3O. The van der Waals surface area contributed by atoms with Crippen molar-refractivity contribution >= 4 is 23.0 Å². The van der Waals surface area contributed by atoms with Gasteiger partial charge in [0.15, 0.2) is 0 Å². The van der Waals surface area contributed by atoms with Gasteiger partial charge in [-0.05, 0) is 26.0 Å². The smallest absolute Gasteiger partial charge is 0.231 e. The van der Waals surface area contributed by atoms with Crippen molar-refractivity contribution in [2.45, 2.75) is 13.8 Å². The first-order valence-corrected chi connectivity index (χ1v) is 4.94. The van der Waals surface area contributed by atoms with Gasteiger partial charge >= 0.3 is 0 Å². The molecule has 1 aliphatic heterocycles. The number of nitrogens with two attached hydrogens (primary N) is 1. The molecule has 0 atom stereocenters. The molecular weight excluding hydrogens is 190 g/mol. The van der Waals surface area contributed by atoms with E-state index in [1.54, 1.807) is 6.07 Å². The molecule has 0 aromatic heterocycles. The molecule has 0 bridgehead atoms. The lowest BCUT2D eigenvalue weighted by Gasteiger charge is -2.19. The van der Waals surface area contributed by atoms with Crippen LogP contribution in [0.3, 0.4) is 0 Å². The Balaban J connectivity index is 2.45. The monoisotopic (exact) mass is 205 g/mol. The Morgan fingerprint density at radius 2 is 2.13 bits per heavy atom. The maximum Gasteiger partial charge on any atom is 0.231 e. The van der Waals surface area contributed by atoms with Crippen LogP contribution in [-0.2, 0) is 4.79 Å². The van der Waals surface area contributed by atoms with E-state index >= 15 is 0 Å². The highest BCUT2D eigenvalue weighted by molar-refractivity contribution is 6.02. The molecule has 4 N–H and O–H groups in total. The van der Waals surface area contributed by atoms with Gasteiger partial charge < -0.3 is 16.4 Å². The molecule has 0 saturated heterocycles. The lowest BCUT2D eigenvalue weighted by atomic mass is 9.93. The molecule has 0 fully saturated rings. The maximum atomic E-state index is 11.8.